The zero-order valence-corrected chi connectivity index (χ0v) is 12.0. The second-order valence-electron chi connectivity index (χ2n) is 7.12. The summed E-state index contributed by atoms with van der Waals surface area (Å²) in [5, 5.41) is 3.87. The van der Waals surface area contributed by atoms with Crippen LogP contribution in [0.25, 0.3) is 0 Å². The van der Waals surface area contributed by atoms with Crippen LogP contribution in [0, 0.1) is 11.8 Å². The summed E-state index contributed by atoms with van der Waals surface area (Å²) in [4.78, 5) is 2.77. The van der Waals surface area contributed by atoms with E-state index in [1.807, 2.05) is 0 Å². The normalized spacial score (nSPS) is 38.8. The van der Waals surface area contributed by atoms with Crippen LogP contribution in [0.1, 0.15) is 58.3 Å². The van der Waals surface area contributed by atoms with Gasteiger partial charge in [-0.25, -0.2) is 0 Å². The van der Waals surface area contributed by atoms with Gasteiger partial charge in [-0.2, -0.15) is 0 Å². The fourth-order valence-electron chi connectivity index (χ4n) is 4.21. The monoisotopic (exact) mass is 250 g/mol. The maximum atomic E-state index is 3.87. The van der Waals surface area contributed by atoms with Crippen molar-refractivity contribution in [2.75, 3.05) is 19.6 Å². The lowest BCUT2D eigenvalue weighted by molar-refractivity contribution is 0.0560. The Kier molecular flexibility index (Phi) is 4.25. The van der Waals surface area contributed by atoms with E-state index in [1.54, 1.807) is 0 Å². The van der Waals surface area contributed by atoms with Gasteiger partial charge in [-0.3, -0.25) is 4.90 Å². The SMILES string of the molecule is CC1CC(N2CCCC(NCC3CCCC3)C2)C1. The third kappa shape index (κ3) is 3.08. The van der Waals surface area contributed by atoms with Crippen molar-refractivity contribution >= 4 is 0 Å². The molecule has 3 rings (SSSR count). The molecule has 0 bridgehead atoms. The minimum Gasteiger partial charge on any atom is -0.312 e. The molecule has 1 atom stereocenters. The molecule has 0 radical (unpaired) electrons. The van der Waals surface area contributed by atoms with Crippen molar-refractivity contribution < 1.29 is 0 Å². The topological polar surface area (TPSA) is 15.3 Å². The molecule has 1 N–H and O–H groups in total. The Labute approximate surface area is 113 Å². The maximum absolute atomic E-state index is 3.87. The number of likely N-dealkylation sites (tertiary alicyclic amines) is 1. The molecule has 2 aliphatic carbocycles. The molecule has 2 heteroatoms. The Balaban J connectivity index is 1.39. The van der Waals surface area contributed by atoms with E-state index in [2.05, 4.69) is 17.1 Å². The Morgan fingerprint density at radius 3 is 2.56 bits per heavy atom. The van der Waals surface area contributed by atoms with Gasteiger partial charge in [0.05, 0.1) is 0 Å². The fraction of sp³-hybridized carbons (Fsp3) is 1.00. The van der Waals surface area contributed by atoms with Gasteiger partial charge in [-0.1, -0.05) is 19.8 Å². The summed E-state index contributed by atoms with van der Waals surface area (Å²) in [6, 6.07) is 1.71. The van der Waals surface area contributed by atoms with Gasteiger partial charge < -0.3 is 5.32 Å². The van der Waals surface area contributed by atoms with Gasteiger partial charge in [0.1, 0.15) is 0 Å². The highest BCUT2D eigenvalue weighted by Gasteiger charge is 2.33. The minimum absolute atomic E-state index is 0.787. The molecule has 3 aliphatic rings. The van der Waals surface area contributed by atoms with E-state index >= 15 is 0 Å². The second kappa shape index (κ2) is 5.92. The van der Waals surface area contributed by atoms with Crippen molar-refractivity contribution in [3.63, 3.8) is 0 Å². The Hall–Kier alpha value is -0.0800. The van der Waals surface area contributed by atoms with Crippen LogP contribution in [0.15, 0.2) is 0 Å². The number of piperidine rings is 1. The average Bonchev–Trinajstić information content (AvgIpc) is 2.86. The van der Waals surface area contributed by atoms with E-state index < -0.39 is 0 Å². The Morgan fingerprint density at radius 1 is 1.06 bits per heavy atom. The van der Waals surface area contributed by atoms with E-state index in [0.29, 0.717) is 0 Å². The molecule has 1 saturated heterocycles. The molecule has 1 unspecified atom stereocenters. The lowest BCUT2D eigenvalue weighted by Gasteiger charge is -2.45. The third-order valence-electron chi connectivity index (χ3n) is 5.49. The molecule has 18 heavy (non-hydrogen) atoms. The van der Waals surface area contributed by atoms with Crippen molar-refractivity contribution in [1.82, 2.24) is 10.2 Å². The largest absolute Gasteiger partial charge is 0.312 e. The first-order chi connectivity index (χ1) is 8.81. The summed E-state index contributed by atoms with van der Waals surface area (Å²) in [6.45, 7) is 6.37. The molecule has 1 heterocycles. The van der Waals surface area contributed by atoms with Crippen molar-refractivity contribution in [1.29, 1.82) is 0 Å². The van der Waals surface area contributed by atoms with Gasteiger partial charge in [0.2, 0.25) is 0 Å². The van der Waals surface area contributed by atoms with E-state index in [-0.39, 0.29) is 0 Å². The number of hydrogen-bond donors (Lipinski definition) is 1. The van der Waals surface area contributed by atoms with E-state index in [0.717, 1.165) is 23.9 Å². The molecule has 1 aliphatic heterocycles. The summed E-state index contributed by atoms with van der Waals surface area (Å²) < 4.78 is 0. The van der Waals surface area contributed by atoms with Crippen LogP contribution < -0.4 is 5.32 Å². The van der Waals surface area contributed by atoms with Crippen LogP contribution in [0.2, 0.25) is 0 Å². The number of rotatable bonds is 4. The minimum atomic E-state index is 0.787. The van der Waals surface area contributed by atoms with Crippen LogP contribution >= 0.6 is 0 Å². The molecule has 0 aromatic carbocycles. The standard InChI is InChI=1S/C16H30N2/c1-13-9-16(10-13)18-8-4-7-15(12-18)17-11-14-5-2-3-6-14/h13-17H,2-12H2,1H3. The first-order valence-corrected chi connectivity index (χ1v) is 8.28. The van der Waals surface area contributed by atoms with Crippen molar-refractivity contribution in [3.8, 4) is 0 Å². The van der Waals surface area contributed by atoms with Crippen molar-refractivity contribution in [2.24, 2.45) is 11.8 Å². The van der Waals surface area contributed by atoms with E-state index in [4.69, 9.17) is 0 Å². The highest BCUT2D eigenvalue weighted by Crippen LogP contribution is 2.32. The van der Waals surface area contributed by atoms with Crippen LogP contribution in [0.5, 0.6) is 0 Å². The van der Waals surface area contributed by atoms with Gasteiger partial charge in [-0.05, 0) is 63.5 Å². The van der Waals surface area contributed by atoms with Crippen LogP contribution in [-0.2, 0) is 0 Å². The number of hydrogen-bond acceptors (Lipinski definition) is 2. The molecule has 104 valence electrons. The summed E-state index contributed by atoms with van der Waals surface area (Å²) in [5.74, 6) is 1.98. The van der Waals surface area contributed by atoms with Crippen molar-refractivity contribution in [3.05, 3.63) is 0 Å². The molecule has 2 saturated carbocycles. The Morgan fingerprint density at radius 2 is 1.83 bits per heavy atom. The zero-order valence-electron chi connectivity index (χ0n) is 12.0. The first-order valence-electron chi connectivity index (χ1n) is 8.28. The Bertz CT molecular complexity index is 254. The van der Waals surface area contributed by atoms with Gasteiger partial charge in [-0.15, -0.1) is 0 Å². The molecule has 0 aromatic heterocycles. The number of nitrogens with zero attached hydrogens (tertiary/aromatic N) is 1. The van der Waals surface area contributed by atoms with E-state index in [9.17, 15) is 0 Å². The van der Waals surface area contributed by atoms with Gasteiger partial charge in [0.25, 0.3) is 0 Å². The predicted molar refractivity (Wildman–Crippen MR) is 76.7 cm³/mol. The summed E-state index contributed by atoms with van der Waals surface area (Å²) >= 11 is 0. The molecular weight excluding hydrogens is 220 g/mol. The quantitative estimate of drug-likeness (QED) is 0.825. The highest BCUT2D eigenvalue weighted by molar-refractivity contribution is 4.89. The summed E-state index contributed by atoms with van der Waals surface area (Å²) in [7, 11) is 0. The van der Waals surface area contributed by atoms with Crippen molar-refractivity contribution in [2.45, 2.75) is 70.4 Å². The predicted octanol–water partition coefficient (Wildman–Crippen LogP) is 3.03. The summed E-state index contributed by atoms with van der Waals surface area (Å²) in [6.07, 6.45) is 11.6. The van der Waals surface area contributed by atoms with Gasteiger partial charge >= 0.3 is 0 Å². The van der Waals surface area contributed by atoms with Gasteiger partial charge in [0, 0.05) is 18.6 Å². The summed E-state index contributed by atoms with van der Waals surface area (Å²) in [5.41, 5.74) is 0. The highest BCUT2D eigenvalue weighted by atomic mass is 15.2. The fourth-order valence-corrected chi connectivity index (χ4v) is 4.21. The first kappa shape index (κ1) is 12.9. The number of nitrogens with one attached hydrogen (secondary N) is 1. The average molecular weight is 250 g/mol. The third-order valence-corrected chi connectivity index (χ3v) is 5.49. The lowest BCUT2D eigenvalue weighted by Crippen LogP contribution is -2.53. The molecule has 3 fully saturated rings. The smallest absolute Gasteiger partial charge is 0.0195 e. The van der Waals surface area contributed by atoms with Crippen LogP contribution in [0.4, 0.5) is 0 Å². The van der Waals surface area contributed by atoms with Crippen LogP contribution in [-0.4, -0.2) is 36.6 Å². The molecule has 0 spiro atoms. The lowest BCUT2D eigenvalue weighted by atomic mass is 9.80. The molecule has 2 nitrogen and oxygen atoms in total. The van der Waals surface area contributed by atoms with Crippen LogP contribution in [0.3, 0.4) is 0 Å². The molecular formula is C16H30N2. The van der Waals surface area contributed by atoms with E-state index in [1.165, 1.54) is 71.0 Å². The zero-order chi connectivity index (χ0) is 12.4. The molecule has 0 aromatic rings. The maximum Gasteiger partial charge on any atom is 0.0195 e. The molecule has 0 amide bonds. The second-order valence-corrected chi connectivity index (χ2v) is 7.12. The van der Waals surface area contributed by atoms with Gasteiger partial charge in [0.15, 0.2) is 0 Å².